The van der Waals surface area contributed by atoms with Crippen LogP contribution in [0.15, 0.2) is 108 Å². The summed E-state index contributed by atoms with van der Waals surface area (Å²) in [5.41, 5.74) is 4.99. The van der Waals surface area contributed by atoms with Gasteiger partial charge in [-0.05, 0) is 29.3 Å². The summed E-state index contributed by atoms with van der Waals surface area (Å²) in [6.07, 6.45) is 8.82. The number of rotatable bonds is 8. The summed E-state index contributed by atoms with van der Waals surface area (Å²) in [6.45, 7) is 1.59. The molecule has 0 fully saturated rings. The molecular formula is C29H24N6O2. The molecule has 8 heteroatoms. The number of hydrogen-bond donors (Lipinski definition) is 1. The van der Waals surface area contributed by atoms with Crippen LogP contribution in [0.2, 0.25) is 0 Å². The Morgan fingerprint density at radius 2 is 1.78 bits per heavy atom. The lowest BCUT2D eigenvalue weighted by Crippen LogP contribution is -2.23. The molecule has 0 unspecified atom stereocenters. The van der Waals surface area contributed by atoms with E-state index in [1.165, 1.54) is 5.56 Å². The molecule has 182 valence electrons. The van der Waals surface area contributed by atoms with Crippen molar-refractivity contribution in [1.29, 1.82) is 0 Å². The average molecular weight is 489 g/mol. The van der Waals surface area contributed by atoms with E-state index in [4.69, 9.17) is 9.40 Å². The molecule has 0 radical (unpaired) electrons. The van der Waals surface area contributed by atoms with Crippen LogP contribution in [0.1, 0.15) is 27.2 Å². The molecule has 0 aliphatic rings. The summed E-state index contributed by atoms with van der Waals surface area (Å²) in [4.78, 5) is 22.4. The predicted molar refractivity (Wildman–Crippen MR) is 140 cm³/mol. The SMILES string of the molecule is O=C(NCc1ccc(Cn2ccnc2)cc1)c1cc(-c2ccccc2)nc2c1cnn2Cc1ccco1. The molecule has 1 amide bonds. The maximum Gasteiger partial charge on any atom is 0.252 e. The summed E-state index contributed by atoms with van der Waals surface area (Å²) < 4.78 is 9.28. The first-order valence-electron chi connectivity index (χ1n) is 12.0. The number of carbonyl (C=O) groups is 1. The van der Waals surface area contributed by atoms with E-state index < -0.39 is 0 Å². The van der Waals surface area contributed by atoms with Gasteiger partial charge in [-0.1, -0.05) is 54.6 Å². The van der Waals surface area contributed by atoms with Crippen LogP contribution < -0.4 is 5.32 Å². The van der Waals surface area contributed by atoms with Crippen molar-refractivity contribution in [2.45, 2.75) is 19.6 Å². The highest BCUT2D eigenvalue weighted by Gasteiger charge is 2.18. The van der Waals surface area contributed by atoms with E-state index in [2.05, 4.69) is 27.5 Å². The van der Waals surface area contributed by atoms with Gasteiger partial charge in [0.05, 0.1) is 35.4 Å². The Kier molecular flexibility index (Phi) is 6.04. The van der Waals surface area contributed by atoms with E-state index in [-0.39, 0.29) is 5.91 Å². The van der Waals surface area contributed by atoms with Crippen molar-refractivity contribution < 1.29 is 9.21 Å². The fraction of sp³-hybridized carbons (Fsp3) is 0.103. The van der Waals surface area contributed by atoms with E-state index in [0.29, 0.717) is 35.4 Å². The maximum absolute atomic E-state index is 13.4. The Labute approximate surface area is 213 Å². The lowest BCUT2D eigenvalue weighted by Gasteiger charge is -2.10. The van der Waals surface area contributed by atoms with Gasteiger partial charge in [0, 0.05) is 31.0 Å². The van der Waals surface area contributed by atoms with Crippen molar-refractivity contribution in [2.24, 2.45) is 0 Å². The molecular weight excluding hydrogens is 464 g/mol. The van der Waals surface area contributed by atoms with Gasteiger partial charge in [-0.25, -0.2) is 14.6 Å². The smallest absolute Gasteiger partial charge is 0.252 e. The van der Waals surface area contributed by atoms with Gasteiger partial charge in [0.1, 0.15) is 12.3 Å². The first-order valence-corrected chi connectivity index (χ1v) is 12.0. The van der Waals surface area contributed by atoms with Crippen molar-refractivity contribution in [1.82, 2.24) is 29.6 Å². The number of fused-ring (bicyclic) bond motifs is 1. The molecule has 4 heterocycles. The number of nitrogens with zero attached hydrogens (tertiary/aromatic N) is 5. The molecule has 8 nitrogen and oxygen atoms in total. The quantitative estimate of drug-likeness (QED) is 0.329. The minimum absolute atomic E-state index is 0.176. The highest BCUT2D eigenvalue weighted by atomic mass is 16.3. The van der Waals surface area contributed by atoms with Crippen molar-refractivity contribution in [2.75, 3.05) is 0 Å². The van der Waals surface area contributed by atoms with Gasteiger partial charge in [0.2, 0.25) is 0 Å². The standard InChI is InChI=1S/C29H24N6O2/c36-29(31-16-21-8-10-22(11-9-21)18-34-13-12-30-20-34)25-15-27(23-5-2-1-3-6-23)33-28-26(25)17-32-35(28)19-24-7-4-14-37-24/h1-15,17,20H,16,18-19H2,(H,31,36). The molecule has 6 aromatic rings. The first-order chi connectivity index (χ1) is 18.2. The molecule has 1 N–H and O–H groups in total. The van der Waals surface area contributed by atoms with E-state index in [9.17, 15) is 4.79 Å². The molecule has 6 rings (SSSR count). The zero-order valence-corrected chi connectivity index (χ0v) is 20.0. The topological polar surface area (TPSA) is 90.8 Å². The van der Waals surface area contributed by atoms with Crippen LogP contribution in [0, 0.1) is 0 Å². The minimum atomic E-state index is -0.176. The molecule has 0 aliphatic heterocycles. The van der Waals surface area contributed by atoms with Gasteiger partial charge >= 0.3 is 0 Å². The van der Waals surface area contributed by atoms with Crippen LogP contribution in [0.5, 0.6) is 0 Å². The van der Waals surface area contributed by atoms with Crippen molar-refractivity contribution in [3.63, 3.8) is 0 Å². The number of pyridine rings is 1. The first kappa shape index (κ1) is 22.5. The molecule has 0 atom stereocenters. The molecule has 37 heavy (non-hydrogen) atoms. The molecule has 0 aliphatic carbocycles. The summed E-state index contributed by atoms with van der Waals surface area (Å²) in [5, 5.41) is 8.28. The third kappa shape index (κ3) is 4.90. The van der Waals surface area contributed by atoms with Crippen LogP contribution in [-0.4, -0.2) is 30.2 Å². The van der Waals surface area contributed by atoms with E-state index in [1.807, 2.05) is 71.4 Å². The second-order valence-corrected chi connectivity index (χ2v) is 8.77. The summed E-state index contributed by atoms with van der Waals surface area (Å²) in [7, 11) is 0. The highest BCUT2D eigenvalue weighted by Crippen LogP contribution is 2.25. The van der Waals surface area contributed by atoms with Crippen LogP contribution in [-0.2, 0) is 19.6 Å². The van der Waals surface area contributed by atoms with Gasteiger partial charge in [-0.2, -0.15) is 5.10 Å². The summed E-state index contributed by atoms with van der Waals surface area (Å²) in [6, 6.07) is 23.6. The number of carbonyl (C=O) groups excluding carboxylic acids is 1. The third-order valence-electron chi connectivity index (χ3n) is 6.21. The molecule has 0 bridgehead atoms. The van der Waals surface area contributed by atoms with Crippen LogP contribution in [0.25, 0.3) is 22.3 Å². The lowest BCUT2D eigenvalue weighted by atomic mass is 10.1. The van der Waals surface area contributed by atoms with Gasteiger partial charge in [0.25, 0.3) is 5.91 Å². The highest BCUT2D eigenvalue weighted by molar-refractivity contribution is 6.06. The van der Waals surface area contributed by atoms with E-state index in [0.717, 1.165) is 23.4 Å². The fourth-order valence-corrected chi connectivity index (χ4v) is 4.29. The fourth-order valence-electron chi connectivity index (χ4n) is 4.29. The van der Waals surface area contributed by atoms with Gasteiger partial charge in [0.15, 0.2) is 5.65 Å². The minimum Gasteiger partial charge on any atom is -0.467 e. The molecule has 0 saturated carbocycles. The van der Waals surface area contributed by atoms with Crippen molar-refractivity contribution >= 4 is 16.9 Å². The number of imidazole rings is 1. The lowest BCUT2D eigenvalue weighted by molar-refractivity contribution is 0.0952. The number of aromatic nitrogens is 5. The second-order valence-electron chi connectivity index (χ2n) is 8.77. The largest absolute Gasteiger partial charge is 0.467 e. The monoisotopic (exact) mass is 488 g/mol. The number of amides is 1. The number of furan rings is 1. The molecule has 4 aromatic heterocycles. The van der Waals surface area contributed by atoms with Gasteiger partial charge in [-0.3, -0.25) is 4.79 Å². The van der Waals surface area contributed by atoms with Crippen LogP contribution in [0.4, 0.5) is 0 Å². The Hall–Kier alpha value is -4.98. The Bertz CT molecular complexity index is 1620. The number of hydrogen-bond acceptors (Lipinski definition) is 5. The van der Waals surface area contributed by atoms with Crippen molar-refractivity contribution in [3.8, 4) is 11.3 Å². The number of benzene rings is 2. The van der Waals surface area contributed by atoms with Crippen LogP contribution in [0.3, 0.4) is 0 Å². The average Bonchev–Trinajstić information content (AvgIpc) is 3.72. The van der Waals surface area contributed by atoms with Crippen molar-refractivity contribution in [3.05, 3.63) is 126 Å². The van der Waals surface area contributed by atoms with Gasteiger partial charge in [-0.15, -0.1) is 0 Å². The zero-order chi connectivity index (χ0) is 25.0. The zero-order valence-electron chi connectivity index (χ0n) is 20.0. The second kappa shape index (κ2) is 9.94. The molecule has 2 aromatic carbocycles. The van der Waals surface area contributed by atoms with E-state index in [1.54, 1.807) is 29.7 Å². The van der Waals surface area contributed by atoms with Gasteiger partial charge < -0.3 is 14.3 Å². The Balaban J connectivity index is 1.26. The Morgan fingerprint density at radius 1 is 0.946 bits per heavy atom. The number of nitrogens with one attached hydrogen (secondary N) is 1. The third-order valence-corrected chi connectivity index (χ3v) is 6.21. The van der Waals surface area contributed by atoms with E-state index >= 15 is 0 Å². The summed E-state index contributed by atoms with van der Waals surface area (Å²) in [5.74, 6) is 0.587. The molecule has 0 saturated heterocycles. The normalized spacial score (nSPS) is 11.1. The molecule has 0 spiro atoms. The van der Waals surface area contributed by atoms with Crippen LogP contribution >= 0.6 is 0 Å². The Morgan fingerprint density at radius 3 is 2.54 bits per heavy atom. The summed E-state index contributed by atoms with van der Waals surface area (Å²) >= 11 is 0. The predicted octanol–water partition coefficient (Wildman–Crippen LogP) is 4.91. The maximum atomic E-state index is 13.4.